The van der Waals surface area contributed by atoms with Crippen molar-refractivity contribution in [1.82, 2.24) is 15.0 Å². The Bertz CT molecular complexity index is 341. The summed E-state index contributed by atoms with van der Waals surface area (Å²) in [7, 11) is 3.22. The lowest BCUT2D eigenvalue weighted by Crippen LogP contribution is -2.29. The summed E-state index contributed by atoms with van der Waals surface area (Å²) in [4.78, 5) is 17.0. The molecule has 0 fully saturated rings. The summed E-state index contributed by atoms with van der Waals surface area (Å²) in [6.45, 7) is 2.04. The minimum atomic E-state index is -0.357. The van der Waals surface area contributed by atoms with Gasteiger partial charge in [0, 0.05) is 20.6 Å². The van der Waals surface area contributed by atoms with Gasteiger partial charge in [-0.15, -0.1) is 0 Å². The molecule has 1 aromatic rings. The van der Waals surface area contributed by atoms with E-state index in [1.54, 1.807) is 14.2 Å². The average Bonchev–Trinajstić information content (AvgIpc) is 2.27. The number of ether oxygens (including phenoxy) is 1. The Balaban J connectivity index is 2.71. The zero-order valence-electron chi connectivity index (χ0n) is 10.3. The Kier molecular flexibility index (Phi) is 4.85. The summed E-state index contributed by atoms with van der Waals surface area (Å²) in [5.41, 5.74) is 10.9. The molecule has 0 aromatic carbocycles. The molecule has 0 saturated heterocycles. The lowest BCUT2D eigenvalue weighted by Gasteiger charge is -2.22. The first-order valence-corrected chi connectivity index (χ1v) is 5.27. The van der Waals surface area contributed by atoms with Gasteiger partial charge in [0.05, 0.1) is 0 Å². The van der Waals surface area contributed by atoms with Crippen molar-refractivity contribution in [2.24, 2.45) is 0 Å². The fourth-order valence-electron chi connectivity index (χ4n) is 1.21. The summed E-state index contributed by atoms with van der Waals surface area (Å²) >= 11 is 0. The van der Waals surface area contributed by atoms with Crippen LogP contribution in [0.4, 0.5) is 17.8 Å². The third-order valence-corrected chi connectivity index (χ3v) is 2.00. The molecule has 1 heterocycles. The number of hydroxylamine groups is 1. The van der Waals surface area contributed by atoms with Gasteiger partial charge in [-0.3, -0.25) is 0 Å². The van der Waals surface area contributed by atoms with Gasteiger partial charge in [-0.2, -0.15) is 15.0 Å². The Morgan fingerprint density at radius 2 is 1.82 bits per heavy atom. The molecule has 0 aliphatic rings. The highest BCUT2D eigenvalue weighted by Crippen LogP contribution is 2.12. The maximum Gasteiger partial charge on any atom is 0.256 e. The van der Waals surface area contributed by atoms with Crippen LogP contribution < -0.4 is 16.5 Å². The van der Waals surface area contributed by atoms with Gasteiger partial charge in [-0.25, -0.2) is 9.90 Å². The first kappa shape index (κ1) is 13.4. The van der Waals surface area contributed by atoms with Crippen LogP contribution >= 0.6 is 0 Å². The monoisotopic (exact) mass is 242 g/mol. The molecule has 96 valence electrons. The van der Waals surface area contributed by atoms with Gasteiger partial charge in [0.15, 0.2) is 6.29 Å². The number of nitrogens with zero attached hydrogens (tertiary/aromatic N) is 4. The topological polar surface area (TPSA) is 112 Å². The summed E-state index contributed by atoms with van der Waals surface area (Å²) in [5, 5.41) is 1.36. The summed E-state index contributed by atoms with van der Waals surface area (Å²) in [6.07, 6.45) is 1.34. The zero-order chi connectivity index (χ0) is 12.8. The molecular weight excluding hydrogens is 224 g/mol. The molecule has 0 radical (unpaired) electrons. The molecule has 4 N–H and O–H groups in total. The SMILES string of the molecule is CCCC(OC)ON(C)c1nc(N)nc(N)n1. The molecule has 1 unspecified atom stereocenters. The Labute approximate surface area is 99.9 Å². The van der Waals surface area contributed by atoms with Gasteiger partial charge in [0.2, 0.25) is 11.9 Å². The molecule has 1 aromatic heterocycles. The molecule has 8 nitrogen and oxygen atoms in total. The van der Waals surface area contributed by atoms with E-state index in [-0.39, 0.29) is 24.1 Å². The Morgan fingerprint density at radius 3 is 2.29 bits per heavy atom. The van der Waals surface area contributed by atoms with Crippen molar-refractivity contribution in [3.8, 4) is 0 Å². The van der Waals surface area contributed by atoms with Crippen molar-refractivity contribution < 1.29 is 9.57 Å². The normalized spacial score (nSPS) is 12.4. The maximum absolute atomic E-state index is 5.48. The van der Waals surface area contributed by atoms with E-state index in [2.05, 4.69) is 15.0 Å². The van der Waals surface area contributed by atoms with Gasteiger partial charge in [-0.1, -0.05) is 13.3 Å². The minimum absolute atomic E-state index is 0.0485. The molecular formula is C9H18N6O2. The van der Waals surface area contributed by atoms with Gasteiger partial charge in [0.1, 0.15) is 0 Å². The maximum atomic E-state index is 5.48. The highest BCUT2D eigenvalue weighted by molar-refractivity contribution is 5.36. The summed E-state index contributed by atoms with van der Waals surface area (Å²) < 4.78 is 5.15. The number of hydrogen-bond donors (Lipinski definition) is 2. The highest BCUT2D eigenvalue weighted by Gasteiger charge is 2.14. The molecule has 1 rings (SSSR count). The standard InChI is InChI=1S/C9H18N6O2/c1-4-5-6(16-3)17-15(2)9-13-7(10)12-8(11)14-9/h6H,4-5H2,1-3H3,(H4,10,11,12,13,14). The van der Waals surface area contributed by atoms with Crippen LogP contribution in [-0.2, 0) is 9.57 Å². The van der Waals surface area contributed by atoms with Gasteiger partial charge in [0.25, 0.3) is 5.95 Å². The predicted molar refractivity (Wildman–Crippen MR) is 63.8 cm³/mol. The number of aromatic nitrogens is 3. The van der Waals surface area contributed by atoms with Gasteiger partial charge in [-0.05, 0) is 0 Å². The fraction of sp³-hybridized carbons (Fsp3) is 0.667. The largest absolute Gasteiger partial charge is 0.368 e. The van der Waals surface area contributed by atoms with Crippen LogP contribution in [0.15, 0.2) is 0 Å². The van der Waals surface area contributed by atoms with Crippen LogP contribution in [0.25, 0.3) is 0 Å². The van der Waals surface area contributed by atoms with E-state index >= 15 is 0 Å². The van der Waals surface area contributed by atoms with E-state index in [0.29, 0.717) is 0 Å². The van der Waals surface area contributed by atoms with Crippen molar-refractivity contribution in [3.63, 3.8) is 0 Å². The average molecular weight is 242 g/mol. The molecule has 0 aliphatic carbocycles. The first-order chi connectivity index (χ1) is 8.06. The molecule has 0 spiro atoms. The predicted octanol–water partition coefficient (Wildman–Crippen LogP) is 0.176. The third-order valence-electron chi connectivity index (χ3n) is 2.00. The highest BCUT2D eigenvalue weighted by atomic mass is 16.8. The molecule has 17 heavy (non-hydrogen) atoms. The number of nitrogens with two attached hydrogens (primary N) is 2. The summed E-state index contributed by atoms with van der Waals surface area (Å²) in [6, 6.07) is 0. The quantitative estimate of drug-likeness (QED) is 0.536. The van der Waals surface area contributed by atoms with E-state index in [1.165, 1.54) is 5.06 Å². The number of nitrogen functional groups attached to an aromatic ring is 2. The van der Waals surface area contributed by atoms with Crippen LogP contribution in [0.1, 0.15) is 19.8 Å². The molecule has 0 saturated carbocycles. The van der Waals surface area contributed by atoms with Crippen LogP contribution in [0.5, 0.6) is 0 Å². The van der Waals surface area contributed by atoms with Crippen LogP contribution in [0.2, 0.25) is 0 Å². The Hall–Kier alpha value is -1.67. The number of methoxy groups -OCH3 is 1. The fourth-order valence-corrected chi connectivity index (χ4v) is 1.21. The number of rotatable bonds is 6. The van der Waals surface area contributed by atoms with E-state index in [4.69, 9.17) is 21.0 Å². The Morgan fingerprint density at radius 1 is 1.24 bits per heavy atom. The van der Waals surface area contributed by atoms with Crippen LogP contribution in [0.3, 0.4) is 0 Å². The van der Waals surface area contributed by atoms with Crippen molar-refractivity contribution in [1.29, 1.82) is 0 Å². The minimum Gasteiger partial charge on any atom is -0.368 e. The number of hydrogen-bond acceptors (Lipinski definition) is 8. The van der Waals surface area contributed by atoms with Crippen molar-refractivity contribution in [3.05, 3.63) is 0 Å². The molecule has 8 heteroatoms. The molecule has 0 amide bonds. The second-order valence-corrected chi connectivity index (χ2v) is 3.41. The first-order valence-electron chi connectivity index (χ1n) is 5.27. The van der Waals surface area contributed by atoms with Gasteiger partial charge >= 0.3 is 0 Å². The molecule has 0 bridgehead atoms. The van der Waals surface area contributed by atoms with Crippen LogP contribution in [0, 0.1) is 0 Å². The third kappa shape index (κ3) is 4.00. The second kappa shape index (κ2) is 6.16. The smallest absolute Gasteiger partial charge is 0.256 e. The second-order valence-electron chi connectivity index (χ2n) is 3.41. The van der Waals surface area contributed by atoms with Crippen molar-refractivity contribution >= 4 is 17.8 Å². The van der Waals surface area contributed by atoms with E-state index in [9.17, 15) is 0 Å². The summed E-state index contributed by atoms with van der Waals surface area (Å²) in [5.74, 6) is 0.341. The number of anilines is 3. The lowest BCUT2D eigenvalue weighted by atomic mass is 10.3. The molecule has 1 atom stereocenters. The zero-order valence-corrected chi connectivity index (χ0v) is 10.3. The van der Waals surface area contributed by atoms with Gasteiger partial charge < -0.3 is 16.2 Å². The van der Waals surface area contributed by atoms with E-state index < -0.39 is 0 Å². The van der Waals surface area contributed by atoms with Crippen LogP contribution in [-0.4, -0.2) is 35.4 Å². The van der Waals surface area contributed by atoms with Crippen molar-refractivity contribution in [2.75, 3.05) is 30.7 Å². The lowest BCUT2D eigenvalue weighted by molar-refractivity contribution is -0.134. The van der Waals surface area contributed by atoms with E-state index in [1.807, 2.05) is 6.92 Å². The van der Waals surface area contributed by atoms with E-state index in [0.717, 1.165) is 12.8 Å². The van der Waals surface area contributed by atoms with Crippen molar-refractivity contribution in [2.45, 2.75) is 26.1 Å². The molecule has 0 aliphatic heterocycles.